The van der Waals surface area contributed by atoms with Gasteiger partial charge in [-0.25, -0.2) is 0 Å². The molecule has 0 unspecified atom stereocenters. The fraction of sp³-hybridized carbons (Fsp3) is 0.667. The number of rotatable bonds is 6. The maximum absolute atomic E-state index is 10.9. The van der Waals surface area contributed by atoms with Crippen molar-refractivity contribution in [2.45, 2.75) is 13.3 Å². The van der Waals surface area contributed by atoms with Gasteiger partial charge >= 0.3 is 0 Å². The zero-order valence-electron chi connectivity index (χ0n) is 7.55. The first kappa shape index (κ1) is 11.2. The van der Waals surface area contributed by atoms with Gasteiger partial charge < -0.3 is 9.47 Å². The molecule has 0 radical (unpaired) electrons. The summed E-state index contributed by atoms with van der Waals surface area (Å²) >= 11 is 0. The molecule has 0 aliphatic heterocycles. The Kier molecular flexibility index (Phi) is 7.66. The molecule has 3 nitrogen and oxygen atoms in total. The van der Waals surface area contributed by atoms with Crippen LogP contribution in [0.4, 0.5) is 0 Å². The number of ketones is 1. The van der Waals surface area contributed by atoms with Crippen molar-refractivity contribution in [3.63, 3.8) is 0 Å². The van der Waals surface area contributed by atoms with Crippen LogP contribution in [-0.2, 0) is 14.3 Å². The van der Waals surface area contributed by atoms with E-state index in [1.54, 1.807) is 14.0 Å². The van der Waals surface area contributed by atoms with Crippen molar-refractivity contribution in [2.24, 2.45) is 0 Å². The van der Waals surface area contributed by atoms with Crippen LogP contribution in [0.5, 0.6) is 0 Å². The summed E-state index contributed by atoms with van der Waals surface area (Å²) < 4.78 is 9.73. The van der Waals surface area contributed by atoms with Crippen molar-refractivity contribution < 1.29 is 14.3 Å². The number of carbonyl (C=O) groups is 1. The third kappa shape index (κ3) is 7.26. The van der Waals surface area contributed by atoms with Crippen molar-refractivity contribution in [3.8, 4) is 11.8 Å². The molecule has 0 bridgehead atoms. The Morgan fingerprint density at radius 3 is 2.75 bits per heavy atom. The smallest absolute Gasteiger partial charge is 0.170 e. The lowest BCUT2D eigenvalue weighted by molar-refractivity contribution is -0.123. The first-order valence-electron chi connectivity index (χ1n) is 3.79. The molecule has 12 heavy (non-hydrogen) atoms. The van der Waals surface area contributed by atoms with Crippen LogP contribution in [0.3, 0.4) is 0 Å². The van der Waals surface area contributed by atoms with E-state index in [1.165, 1.54) is 0 Å². The molecule has 0 aromatic heterocycles. The van der Waals surface area contributed by atoms with Crippen molar-refractivity contribution in [1.29, 1.82) is 0 Å². The normalized spacial score (nSPS) is 8.83. The summed E-state index contributed by atoms with van der Waals surface area (Å²) in [6, 6.07) is 0. The Bertz CT molecular complexity index is 176. The van der Waals surface area contributed by atoms with Gasteiger partial charge in [0, 0.05) is 7.11 Å². The van der Waals surface area contributed by atoms with Gasteiger partial charge in [-0.15, -0.1) is 5.92 Å². The molecule has 0 spiro atoms. The van der Waals surface area contributed by atoms with E-state index in [0.717, 1.165) is 0 Å². The monoisotopic (exact) mass is 170 g/mol. The Balaban J connectivity index is 3.24. The van der Waals surface area contributed by atoms with Crippen molar-refractivity contribution in [1.82, 2.24) is 0 Å². The van der Waals surface area contributed by atoms with E-state index in [-0.39, 0.29) is 18.8 Å². The second-order valence-corrected chi connectivity index (χ2v) is 2.19. The number of hydrogen-bond acceptors (Lipinski definition) is 3. The topological polar surface area (TPSA) is 35.5 Å². The van der Waals surface area contributed by atoms with Gasteiger partial charge in [0.25, 0.3) is 0 Å². The summed E-state index contributed by atoms with van der Waals surface area (Å²) in [5.74, 6) is 5.34. The highest BCUT2D eigenvalue weighted by atomic mass is 16.5. The standard InChI is InChI=1S/C9H14O3/c1-3-4-5-9(10)8-12-7-6-11-2/h5-8H2,1-2H3. The van der Waals surface area contributed by atoms with E-state index >= 15 is 0 Å². The third-order valence-corrected chi connectivity index (χ3v) is 1.16. The van der Waals surface area contributed by atoms with E-state index < -0.39 is 0 Å². The van der Waals surface area contributed by atoms with Gasteiger partial charge in [-0.05, 0) is 6.92 Å². The molecule has 0 saturated carbocycles. The molecule has 0 aliphatic rings. The highest BCUT2D eigenvalue weighted by molar-refractivity contribution is 5.81. The molecule has 0 aromatic carbocycles. The van der Waals surface area contributed by atoms with Crippen LogP contribution < -0.4 is 0 Å². The molecule has 0 amide bonds. The molecular formula is C9H14O3. The minimum atomic E-state index is 0.0143. The molecule has 0 N–H and O–H groups in total. The third-order valence-electron chi connectivity index (χ3n) is 1.16. The second-order valence-electron chi connectivity index (χ2n) is 2.19. The largest absolute Gasteiger partial charge is 0.382 e. The van der Waals surface area contributed by atoms with E-state index in [4.69, 9.17) is 9.47 Å². The Labute approximate surface area is 73.0 Å². The molecule has 0 atom stereocenters. The van der Waals surface area contributed by atoms with Crippen LogP contribution in [0, 0.1) is 11.8 Å². The van der Waals surface area contributed by atoms with Crippen molar-refractivity contribution in [2.75, 3.05) is 26.9 Å². The zero-order chi connectivity index (χ0) is 9.23. The quantitative estimate of drug-likeness (QED) is 0.433. The lowest BCUT2D eigenvalue weighted by atomic mass is 10.3. The summed E-state index contributed by atoms with van der Waals surface area (Å²) in [7, 11) is 1.59. The van der Waals surface area contributed by atoms with Crippen molar-refractivity contribution in [3.05, 3.63) is 0 Å². The maximum Gasteiger partial charge on any atom is 0.170 e. The van der Waals surface area contributed by atoms with Crippen LogP contribution in [0.2, 0.25) is 0 Å². The first-order valence-corrected chi connectivity index (χ1v) is 3.79. The predicted molar refractivity (Wildman–Crippen MR) is 45.8 cm³/mol. The lowest BCUT2D eigenvalue weighted by Gasteiger charge is -1.99. The fourth-order valence-corrected chi connectivity index (χ4v) is 0.566. The van der Waals surface area contributed by atoms with Crippen LogP contribution in [0.25, 0.3) is 0 Å². The van der Waals surface area contributed by atoms with Gasteiger partial charge in [0.05, 0.1) is 19.6 Å². The van der Waals surface area contributed by atoms with Gasteiger partial charge in [-0.3, -0.25) is 4.79 Å². The van der Waals surface area contributed by atoms with Crippen LogP contribution in [0.1, 0.15) is 13.3 Å². The molecule has 68 valence electrons. The lowest BCUT2D eigenvalue weighted by Crippen LogP contribution is -2.10. The van der Waals surface area contributed by atoms with Gasteiger partial charge in [0.15, 0.2) is 5.78 Å². The first-order chi connectivity index (χ1) is 5.81. The highest BCUT2D eigenvalue weighted by Crippen LogP contribution is 1.83. The van der Waals surface area contributed by atoms with Gasteiger partial charge in [0.1, 0.15) is 6.61 Å². The fourth-order valence-electron chi connectivity index (χ4n) is 0.566. The average molecular weight is 170 g/mol. The molecule has 3 heteroatoms. The molecule has 0 fully saturated rings. The summed E-state index contributed by atoms with van der Waals surface area (Å²) in [6.45, 7) is 2.83. The summed E-state index contributed by atoms with van der Waals surface area (Å²) in [4.78, 5) is 10.9. The number of Topliss-reactive ketones (excluding diaryl/α,β-unsaturated/α-hetero) is 1. The molecule has 0 rings (SSSR count). The summed E-state index contributed by atoms with van der Waals surface area (Å²) in [6.07, 6.45) is 0.281. The number of methoxy groups -OCH3 is 1. The Morgan fingerprint density at radius 1 is 1.42 bits per heavy atom. The molecule has 0 aliphatic carbocycles. The molecule has 0 saturated heterocycles. The zero-order valence-corrected chi connectivity index (χ0v) is 7.55. The number of carbonyl (C=O) groups excluding carboxylic acids is 1. The molecular weight excluding hydrogens is 156 g/mol. The van der Waals surface area contributed by atoms with Gasteiger partial charge in [0.2, 0.25) is 0 Å². The Morgan fingerprint density at radius 2 is 2.17 bits per heavy atom. The minimum Gasteiger partial charge on any atom is -0.382 e. The maximum atomic E-state index is 10.9. The summed E-state index contributed by atoms with van der Waals surface area (Å²) in [5, 5.41) is 0. The van der Waals surface area contributed by atoms with Gasteiger partial charge in [-0.2, -0.15) is 0 Å². The number of hydrogen-bond donors (Lipinski definition) is 0. The van der Waals surface area contributed by atoms with E-state index in [0.29, 0.717) is 13.2 Å². The predicted octanol–water partition coefficient (Wildman–Crippen LogP) is 0.632. The second kappa shape index (κ2) is 8.25. The molecule has 0 heterocycles. The highest BCUT2D eigenvalue weighted by Gasteiger charge is 1.97. The van der Waals surface area contributed by atoms with Crippen LogP contribution in [-0.4, -0.2) is 32.7 Å². The van der Waals surface area contributed by atoms with Gasteiger partial charge in [-0.1, -0.05) is 5.92 Å². The Hall–Kier alpha value is -0.850. The summed E-state index contributed by atoms with van der Waals surface area (Å²) in [5.41, 5.74) is 0. The minimum absolute atomic E-state index is 0.0143. The van der Waals surface area contributed by atoms with E-state index in [2.05, 4.69) is 11.8 Å². The average Bonchev–Trinajstić information content (AvgIpc) is 2.09. The van der Waals surface area contributed by atoms with Crippen LogP contribution in [0.15, 0.2) is 0 Å². The van der Waals surface area contributed by atoms with Crippen LogP contribution >= 0.6 is 0 Å². The SMILES string of the molecule is CC#CCC(=O)COCCOC. The number of ether oxygens (including phenoxy) is 2. The molecule has 0 aromatic rings. The van der Waals surface area contributed by atoms with Crippen molar-refractivity contribution >= 4 is 5.78 Å². The van der Waals surface area contributed by atoms with E-state index in [9.17, 15) is 4.79 Å². The van der Waals surface area contributed by atoms with E-state index in [1.807, 2.05) is 0 Å².